The molecule has 0 saturated carbocycles. The number of aliphatic imine (C=N–C) groups is 1. The third-order valence-electron chi connectivity index (χ3n) is 4.55. The maximum Gasteiger partial charge on any atom is 0.338 e. The lowest BCUT2D eigenvalue weighted by atomic mass is 9.94. The summed E-state index contributed by atoms with van der Waals surface area (Å²) in [5, 5.41) is 0.333. The van der Waals surface area contributed by atoms with Gasteiger partial charge in [0.05, 0.1) is 42.9 Å². The quantitative estimate of drug-likeness (QED) is 0.677. The van der Waals surface area contributed by atoms with Crippen LogP contribution >= 0.6 is 11.8 Å². The van der Waals surface area contributed by atoms with Crippen LogP contribution in [0.5, 0.6) is 11.5 Å². The van der Waals surface area contributed by atoms with Crippen molar-refractivity contribution in [3.05, 3.63) is 35.0 Å². The first kappa shape index (κ1) is 20.3. The molecule has 28 heavy (non-hydrogen) atoms. The first-order chi connectivity index (χ1) is 13.4. The Kier molecular flexibility index (Phi) is 5.98. The first-order valence-corrected chi connectivity index (χ1v) is 10.1. The lowest BCUT2D eigenvalue weighted by Gasteiger charge is -2.33. The number of amidine groups is 1. The topological polar surface area (TPSA) is 77.4 Å². The van der Waals surface area contributed by atoms with Gasteiger partial charge in [0.25, 0.3) is 0 Å². The highest BCUT2D eigenvalue weighted by molar-refractivity contribution is 8.15. The van der Waals surface area contributed by atoms with Gasteiger partial charge in [0.15, 0.2) is 16.7 Å². The molecule has 7 nitrogen and oxygen atoms in total. The van der Waals surface area contributed by atoms with Crippen molar-refractivity contribution in [2.45, 2.75) is 39.0 Å². The number of thioether (sulfide) groups is 1. The molecule has 2 aliphatic heterocycles. The molecule has 3 rings (SSSR count). The fourth-order valence-electron chi connectivity index (χ4n) is 3.33. The van der Waals surface area contributed by atoms with Crippen LogP contribution in [0.4, 0.5) is 0 Å². The van der Waals surface area contributed by atoms with Crippen molar-refractivity contribution >= 4 is 28.8 Å². The molecule has 1 aromatic carbocycles. The van der Waals surface area contributed by atoms with Crippen molar-refractivity contribution < 1.29 is 23.8 Å². The van der Waals surface area contributed by atoms with E-state index in [0.29, 0.717) is 41.2 Å². The highest BCUT2D eigenvalue weighted by Gasteiger charge is 2.46. The zero-order chi connectivity index (χ0) is 20.4. The highest BCUT2D eigenvalue weighted by Crippen LogP contribution is 2.44. The molecule has 0 aromatic heterocycles. The Labute approximate surface area is 168 Å². The number of hydrogen-bond acceptors (Lipinski definition) is 7. The monoisotopic (exact) mass is 404 g/mol. The van der Waals surface area contributed by atoms with Crippen LogP contribution in [0, 0.1) is 0 Å². The van der Waals surface area contributed by atoms with Gasteiger partial charge >= 0.3 is 5.97 Å². The van der Waals surface area contributed by atoms with E-state index in [2.05, 4.69) is 4.99 Å². The van der Waals surface area contributed by atoms with Gasteiger partial charge in [-0.05, 0) is 45.4 Å². The lowest BCUT2D eigenvalue weighted by molar-refractivity contribution is -0.137. The molecule has 2 atom stereocenters. The second kappa shape index (κ2) is 8.26. The summed E-state index contributed by atoms with van der Waals surface area (Å²) in [4.78, 5) is 31.5. The largest absolute Gasteiger partial charge is 0.490 e. The average Bonchev–Trinajstić information content (AvgIpc) is 2.95. The number of hydrogen-bond donors (Lipinski definition) is 0. The molecule has 2 heterocycles. The second-order valence-corrected chi connectivity index (χ2v) is 7.64. The number of allylic oxidation sites excluding steroid dienone is 1. The third kappa shape index (κ3) is 3.48. The fraction of sp³-hybridized carbons (Fsp3) is 0.450. The molecule has 1 saturated heterocycles. The number of esters is 1. The predicted molar refractivity (Wildman–Crippen MR) is 108 cm³/mol. The summed E-state index contributed by atoms with van der Waals surface area (Å²) in [7, 11) is 1.33. The smallest absolute Gasteiger partial charge is 0.338 e. The van der Waals surface area contributed by atoms with E-state index in [9.17, 15) is 9.59 Å². The molecule has 2 aliphatic rings. The van der Waals surface area contributed by atoms with E-state index in [1.165, 1.54) is 18.9 Å². The standard InChI is InChI=1S/C20H24N2O5S/c1-6-26-14-9-8-13(10-15(14)27-7-2)17-16(19(24)25-5)11(3)21-20-22(17)18(23)12(4)28-20/h8-10,12,17H,6-7H2,1-5H3/t12-,17+/m0/s1. The number of carbonyl (C=O) groups is 2. The second-order valence-electron chi connectivity index (χ2n) is 6.33. The maximum atomic E-state index is 12.9. The van der Waals surface area contributed by atoms with Crippen molar-refractivity contribution in [3.63, 3.8) is 0 Å². The van der Waals surface area contributed by atoms with Gasteiger partial charge in [-0.2, -0.15) is 0 Å². The van der Waals surface area contributed by atoms with E-state index < -0.39 is 12.0 Å². The molecule has 1 amide bonds. The van der Waals surface area contributed by atoms with Gasteiger partial charge in [0.2, 0.25) is 5.91 Å². The van der Waals surface area contributed by atoms with Gasteiger partial charge < -0.3 is 14.2 Å². The molecule has 0 N–H and O–H groups in total. The molecule has 0 spiro atoms. The minimum absolute atomic E-state index is 0.0884. The highest BCUT2D eigenvalue weighted by atomic mass is 32.2. The maximum absolute atomic E-state index is 12.9. The Balaban J connectivity index is 2.15. The van der Waals surface area contributed by atoms with Crippen molar-refractivity contribution in [2.24, 2.45) is 4.99 Å². The Bertz CT molecular complexity index is 864. The van der Waals surface area contributed by atoms with E-state index in [-0.39, 0.29) is 11.2 Å². The van der Waals surface area contributed by atoms with E-state index in [4.69, 9.17) is 14.2 Å². The minimum atomic E-state index is -0.625. The predicted octanol–water partition coefficient (Wildman–Crippen LogP) is 3.31. The van der Waals surface area contributed by atoms with Gasteiger partial charge in [0.1, 0.15) is 0 Å². The summed E-state index contributed by atoms with van der Waals surface area (Å²) < 4.78 is 16.4. The SMILES string of the molecule is CCOc1ccc([C@@H]2C(C(=O)OC)=C(C)N=C3S[C@@H](C)C(=O)N32)cc1OCC. The van der Waals surface area contributed by atoms with E-state index in [1.807, 2.05) is 32.9 Å². The van der Waals surface area contributed by atoms with Crippen LogP contribution in [0.25, 0.3) is 0 Å². The molecule has 8 heteroatoms. The van der Waals surface area contributed by atoms with Crippen LogP contribution in [-0.2, 0) is 14.3 Å². The van der Waals surface area contributed by atoms with Gasteiger partial charge in [-0.3, -0.25) is 9.69 Å². The number of amides is 1. The molecular formula is C20H24N2O5S. The van der Waals surface area contributed by atoms with Gasteiger partial charge in [0, 0.05) is 0 Å². The number of nitrogens with zero attached hydrogens (tertiary/aromatic N) is 2. The number of fused-ring (bicyclic) bond motifs is 1. The van der Waals surface area contributed by atoms with E-state index in [0.717, 1.165) is 5.56 Å². The number of benzene rings is 1. The average molecular weight is 404 g/mol. The van der Waals surface area contributed by atoms with Crippen molar-refractivity contribution in [2.75, 3.05) is 20.3 Å². The Morgan fingerprint density at radius 1 is 1.21 bits per heavy atom. The van der Waals surface area contributed by atoms with Crippen molar-refractivity contribution in [1.29, 1.82) is 0 Å². The summed E-state index contributed by atoms with van der Waals surface area (Å²) in [6.07, 6.45) is 0. The number of methoxy groups -OCH3 is 1. The van der Waals surface area contributed by atoms with Crippen LogP contribution < -0.4 is 9.47 Å². The minimum Gasteiger partial charge on any atom is -0.490 e. The summed E-state index contributed by atoms with van der Waals surface area (Å²) >= 11 is 1.39. The third-order valence-corrected chi connectivity index (χ3v) is 5.60. The summed E-state index contributed by atoms with van der Waals surface area (Å²) in [6, 6.07) is 4.84. The van der Waals surface area contributed by atoms with Crippen molar-refractivity contribution in [1.82, 2.24) is 4.90 Å². The molecule has 0 aliphatic carbocycles. The van der Waals surface area contributed by atoms with E-state index >= 15 is 0 Å². The van der Waals surface area contributed by atoms with Crippen LogP contribution in [0.3, 0.4) is 0 Å². The zero-order valence-electron chi connectivity index (χ0n) is 16.6. The summed E-state index contributed by atoms with van der Waals surface area (Å²) in [5.41, 5.74) is 1.63. The van der Waals surface area contributed by atoms with Crippen LogP contribution in [0.1, 0.15) is 39.3 Å². The van der Waals surface area contributed by atoms with Crippen LogP contribution in [0.15, 0.2) is 34.5 Å². The molecule has 0 unspecified atom stereocenters. The van der Waals surface area contributed by atoms with E-state index in [1.54, 1.807) is 17.9 Å². The molecule has 1 fully saturated rings. The van der Waals surface area contributed by atoms with Gasteiger partial charge in [-0.15, -0.1) is 0 Å². The molecule has 0 bridgehead atoms. The molecule has 150 valence electrons. The van der Waals surface area contributed by atoms with Crippen molar-refractivity contribution in [3.8, 4) is 11.5 Å². The van der Waals surface area contributed by atoms with Gasteiger partial charge in [-0.1, -0.05) is 17.8 Å². The fourth-order valence-corrected chi connectivity index (χ4v) is 4.36. The number of ether oxygens (including phenoxy) is 3. The Hall–Kier alpha value is -2.48. The molecule has 1 aromatic rings. The molecular weight excluding hydrogens is 380 g/mol. The van der Waals surface area contributed by atoms with Gasteiger partial charge in [-0.25, -0.2) is 9.79 Å². The lowest BCUT2D eigenvalue weighted by Crippen LogP contribution is -2.40. The first-order valence-electron chi connectivity index (χ1n) is 9.19. The summed E-state index contributed by atoms with van der Waals surface area (Å²) in [6.45, 7) is 8.36. The molecule has 0 radical (unpaired) electrons. The normalized spacial score (nSPS) is 21.4. The number of rotatable bonds is 6. The Morgan fingerprint density at radius 2 is 1.89 bits per heavy atom. The Morgan fingerprint density at radius 3 is 2.54 bits per heavy atom. The zero-order valence-corrected chi connectivity index (χ0v) is 17.5. The van der Waals surface area contributed by atoms with Crippen LogP contribution in [-0.4, -0.2) is 47.5 Å². The van der Waals surface area contributed by atoms with Crippen LogP contribution in [0.2, 0.25) is 0 Å². The summed E-state index contributed by atoms with van der Waals surface area (Å²) in [5.74, 6) is 0.595. The number of carbonyl (C=O) groups excluding carboxylic acids is 2.